The number of nitrogens with zero attached hydrogens (tertiary/aromatic N) is 3. The van der Waals surface area contributed by atoms with E-state index in [0.717, 1.165) is 45.8 Å². The standard InChI is InChI=1S/C18H17N5S/c1-2-3-12-10-14(13-4-6-19-7-5-13)16-15(11-12)17(23-22-16)21-18-20-8-9-24-18/h4-11H,2-3H2,1H3,(H2,20,21,22,23). The zero-order valence-corrected chi connectivity index (χ0v) is 14.1. The third kappa shape index (κ3) is 2.76. The molecule has 0 saturated carbocycles. The van der Waals surface area contributed by atoms with Crippen molar-refractivity contribution in [2.75, 3.05) is 5.32 Å². The van der Waals surface area contributed by atoms with Crippen LogP contribution in [0.4, 0.5) is 10.9 Å². The number of aryl methyl sites for hydroxylation is 1. The van der Waals surface area contributed by atoms with Crippen molar-refractivity contribution in [2.24, 2.45) is 0 Å². The number of rotatable bonds is 5. The Morgan fingerprint density at radius 2 is 2.04 bits per heavy atom. The van der Waals surface area contributed by atoms with Gasteiger partial charge in [-0.05, 0) is 41.8 Å². The monoisotopic (exact) mass is 335 g/mol. The van der Waals surface area contributed by atoms with Gasteiger partial charge in [-0.2, -0.15) is 5.10 Å². The molecule has 0 aliphatic rings. The fourth-order valence-electron chi connectivity index (χ4n) is 2.86. The van der Waals surface area contributed by atoms with Gasteiger partial charge in [0.1, 0.15) is 0 Å². The molecule has 5 nitrogen and oxygen atoms in total. The molecule has 0 radical (unpaired) electrons. The second-order valence-corrected chi connectivity index (χ2v) is 6.48. The van der Waals surface area contributed by atoms with Gasteiger partial charge in [0.15, 0.2) is 10.9 Å². The first-order valence-electron chi connectivity index (χ1n) is 7.93. The van der Waals surface area contributed by atoms with Crippen molar-refractivity contribution < 1.29 is 0 Å². The number of hydrogen-bond acceptors (Lipinski definition) is 5. The van der Waals surface area contributed by atoms with Crippen molar-refractivity contribution >= 4 is 33.2 Å². The Bertz CT molecular complexity index is 944. The molecule has 0 spiro atoms. The first-order chi connectivity index (χ1) is 11.8. The third-order valence-corrected chi connectivity index (χ3v) is 4.61. The zero-order chi connectivity index (χ0) is 16.4. The van der Waals surface area contributed by atoms with E-state index in [4.69, 9.17) is 0 Å². The van der Waals surface area contributed by atoms with Gasteiger partial charge in [0.05, 0.1) is 5.52 Å². The number of H-pyrrole nitrogens is 1. The number of fused-ring (bicyclic) bond motifs is 1. The van der Waals surface area contributed by atoms with Crippen LogP contribution in [0.2, 0.25) is 0 Å². The van der Waals surface area contributed by atoms with E-state index in [-0.39, 0.29) is 0 Å². The highest BCUT2D eigenvalue weighted by molar-refractivity contribution is 7.13. The predicted molar refractivity (Wildman–Crippen MR) is 98.7 cm³/mol. The smallest absolute Gasteiger partial charge is 0.188 e. The summed E-state index contributed by atoms with van der Waals surface area (Å²) in [7, 11) is 0. The molecular weight excluding hydrogens is 318 g/mol. The molecule has 0 atom stereocenters. The molecule has 0 saturated heterocycles. The fraction of sp³-hybridized carbons (Fsp3) is 0.167. The van der Waals surface area contributed by atoms with Crippen LogP contribution in [0, 0.1) is 0 Å². The number of thiazole rings is 1. The van der Waals surface area contributed by atoms with E-state index in [2.05, 4.69) is 44.5 Å². The highest BCUT2D eigenvalue weighted by Gasteiger charge is 2.13. The van der Waals surface area contributed by atoms with Crippen LogP contribution in [0.25, 0.3) is 22.0 Å². The largest absolute Gasteiger partial charge is 0.314 e. The van der Waals surface area contributed by atoms with E-state index >= 15 is 0 Å². The van der Waals surface area contributed by atoms with Gasteiger partial charge in [-0.3, -0.25) is 10.1 Å². The first kappa shape index (κ1) is 14.8. The van der Waals surface area contributed by atoms with Crippen LogP contribution in [-0.4, -0.2) is 20.2 Å². The van der Waals surface area contributed by atoms with Gasteiger partial charge in [-0.25, -0.2) is 4.98 Å². The summed E-state index contributed by atoms with van der Waals surface area (Å²) in [5.41, 5.74) is 4.62. The second kappa shape index (κ2) is 6.41. The van der Waals surface area contributed by atoms with Gasteiger partial charge in [0.25, 0.3) is 0 Å². The summed E-state index contributed by atoms with van der Waals surface area (Å²) >= 11 is 1.56. The van der Waals surface area contributed by atoms with E-state index in [1.54, 1.807) is 17.5 Å². The Balaban J connectivity index is 1.87. The van der Waals surface area contributed by atoms with Crippen molar-refractivity contribution in [3.8, 4) is 11.1 Å². The molecule has 120 valence electrons. The van der Waals surface area contributed by atoms with E-state index in [1.807, 2.05) is 29.9 Å². The Labute approximate surface area is 143 Å². The average Bonchev–Trinajstić information content (AvgIpc) is 3.26. The maximum atomic E-state index is 4.47. The molecule has 1 aromatic carbocycles. The Kier molecular flexibility index (Phi) is 3.96. The molecule has 2 N–H and O–H groups in total. The summed E-state index contributed by atoms with van der Waals surface area (Å²) in [5, 5.41) is 14.8. The van der Waals surface area contributed by atoms with Gasteiger partial charge in [-0.1, -0.05) is 13.3 Å². The van der Waals surface area contributed by atoms with Gasteiger partial charge in [0, 0.05) is 34.9 Å². The zero-order valence-electron chi connectivity index (χ0n) is 13.3. The van der Waals surface area contributed by atoms with E-state index in [0.29, 0.717) is 0 Å². The number of anilines is 2. The Hall–Kier alpha value is -2.73. The number of aromatic amines is 1. The van der Waals surface area contributed by atoms with Crippen LogP contribution in [0.1, 0.15) is 18.9 Å². The molecule has 0 fully saturated rings. The number of hydrogen-bond donors (Lipinski definition) is 2. The molecule has 24 heavy (non-hydrogen) atoms. The Morgan fingerprint density at radius 3 is 2.79 bits per heavy atom. The van der Waals surface area contributed by atoms with Crippen LogP contribution >= 0.6 is 11.3 Å². The molecule has 3 heterocycles. The van der Waals surface area contributed by atoms with Crippen LogP contribution < -0.4 is 5.32 Å². The lowest BCUT2D eigenvalue weighted by molar-refractivity contribution is 0.924. The van der Waals surface area contributed by atoms with Crippen molar-refractivity contribution in [1.82, 2.24) is 20.2 Å². The summed E-state index contributed by atoms with van der Waals surface area (Å²) < 4.78 is 0. The van der Waals surface area contributed by atoms with Crippen LogP contribution in [0.5, 0.6) is 0 Å². The number of pyridine rings is 1. The summed E-state index contributed by atoms with van der Waals surface area (Å²) in [6.07, 6.45) is 7.56. The number of benzene rings is 1. The minimum Gasteiger partial charge on any atom is -0.314 e. The Morgan fingerprint density at radius 1 is 1.17 bits per heavy atom. The lowest BCUT2D eigenvalue weighted by Crippen LogP contribution is -1.91. The van der Waals surface area contributed by atoms with Crippen molar-refractivity contribution in [1.29, 1.82) is 0 Å². The van der Waals surface area contributed by atoms with Gasteiger partial charge in [0.2, 0.25) is 0 Å². The molecule has 3 aromatic heterocycles. The summed E-state index contributed by atoms with van der Waals surface area (Å²) in [6, 6.07) is 8.51. The number of nitrogens with one attached hydrogen (secondary N) is 2. The summed E-state index contributed by atoms with van der Waals surface area (Å²) in [5.74, 6) is 0.813. The van der Waals surface area contributed by atoms with Crippen molar-refractivity contribution in [2.45, 2.75) is 19.8 Å². The molecule has 4 aromatic rings. The fourth-order valence-corrected chi connectivity index (χ4v) is 3.38. The highest BCUT2D eigenvalue weighted by atomic mass is 32.1. The maximum Gasteiger partial charge on any atom is 0.188 e. The molecule has 6 heteroatoms. The van der Waals surface area contributed by atoms with E-state index in [9.17, 15) is 0 Å². The molecular formula is C18H17N5S. The van der Waals surface area contributed by atoms with Gasteiger partial charge in [-0.15, -0.1) is 11.3 Å². The van der Waals surface area contributed by atoms with Gasteiger partial charge < -0.3 is 5.32 Å². The molecule has 0 amide bonds. The quantitative estimate of drug-likeness (QED) is 0.551. The number of aromatic nitrogens is 4. The first-order valence-corrected chi connectivity index (χ1v) is 8.81. The van der Waals surface area contributed by atoms with Crippen LogP contribution in [0.3, 0.4) is 0 Å². The molecule has 0 aliphatic heterocycles. The van der Waals surface area contributed by atoms with Crippen molar-refractivity contribution in [3.63, 3.8) is 0 Å². The lowest BCUT2D eigenvalue weighted by Gasteiger charge is -2.08. The normalized spacial score (nSPS) is 11.0. The molecule has 0 aliphatic carbocycles. The topological polar surface area (TPSA) is 66.5 Å². The SMILES string of the molecule is CCCc1cc(-c2ccncc2)c2[nH]nc(Nc3nccs3)c2c1. The minimum atomic E-state index is 0.813. The second-order valence-electron chi connectivity index (χ2n) is 5.59. The highest BCUT2D eigenvalue weighted by Crippen LogP contribution is 2.33. The van der Waals surface area contributed by atoms with Crippen molar-refractivity contribution in [3.05, 3.63) is 53.8 Å². The molecule has 4 rings (SSSR count). The van der Waals surface area contributed by atoms with Gasteiger partial charge >= 0.3 is 0 Å². The average molecular weight is 335 g/mol. The van der Waals surface area contributed by atoms with E-state index in [1.165, 1.54) is 5.56 Å². The summed E-state index contributed by atoms with van der Waals surface area (Å²) in [6.45, 7) is 2.19. The minimum absolute atomic E-state index is 0.813. The maximum absolute atomic E-state index is 4.47. The summed E-state index contributed by atoms with van der Waals surface area (Å²) in [4.78, 5) is 8.40. The van der Waals surface area contributed by atoms with E-state index < -0.39 is 0 Å². The van der Waals surface area contributed by atoms with Crippen LogP contribution in [0.15, 0.2) is 48.2 Å². The third-order valence-electron chi connectivity index (χ3n) is 3.92. The molecule has 0 bridgehead atoms. The van der Waals surface area contributed by atoms with Crippen LogP contribution in [-0.2, 0) is 6.42 Å². The predicted octanol–water partition coefficient (Wildman–Crippen LogP) is 4.78. The molecule has 0 unspecified atom stereocenters. The lowest BCUT2D eigenvalue weighted by atomic mass is 9.98.